The van der Waals surface area contributed by atoms with E-state index in [1.807, 2.05) is 0 Å². The second-order valence-electron chi connectivity index (χ2n) is 5.16. The first-order chi connectivity index (χ1) is 10.8. The van der Waals surface area contributed by atoms with Crippen LogP contribution in [0.3, 0.4) is 0 Å². The molecular formula is C14H16ClF3N2O3. The maximum absolute atomic E-state index is 12.7. The zero-order valence-corrected chi connectivity index (χ0v) is 12.9. The van der Waals surface area contributed by atoms with Crippen molar-refractivity contribution >= 4 is 17.5 Å². The van der Waals surface area contributed by atoms with Crippen LogP contribution in [0.25, 0.3) is 0 Å². The lowest BCUT2D eigenvalue weighted by molar-refractivity contribution is -0.237. The third-order valence-corrected chi connectivity index (χ3v) is 3.58. The van der Waals surface area contributed by atoms with E-state index >= 15 is 0 Å². The van der Waals surface area contributed by atoms with Crippen molar-refractivity contribution in [3.05, 3.63) is 28.8 Å². The molecule has 1 saturated heterocycles. The van der Waals surface area contributed by atoms with Gasteiger partial charge in [0.15, 0.2) is 12.7 Å². The highest BCUT2D eigenvalue weighted by Crippen LogP contribution is 2.28. The zero-order chi connectivity index (χ0) is 17.0. The summed E-state index contributed by atoms with van der Waals surface area (Å²) in [5, 5.41) is 0.268. The molecule has 1 aromatic rings. The third-order valence-electron chi connectivity index (χ3n) is 3.29. The highest BCUT2D eigenvalue weighted by molar-refractivity contribution is 6.32. The second kappa shape index (κ2) is 7.37. The molecule has 128 valence electrons. The number of ether oxygens (including phenoxy) is 2. The molecule has 0 radical (unpaired) electrons. The SMILES string of the molecule is NC(=O)COc1ccc(CN2CCO[C@@H](C(F)(F)F)C2)cc1Cl. The molecule has 1 amide bonds. The number of amides is 1. The standard InChI is InChI=1S/C14H16ClF3N2O3/c15-10-5-9(1-2-11(10)23-8-13(19)21)6-20-3-4-22-12(7-20)14(16,17)18/h1-2,5,12H,3-4,6-8H2,(H2,19,21)/t12-/m1/s1. The number of alkyl halides is 3. The molecule has 1 heterocycles. The molecule has 23 heavy (non-hydrogen) atoms. The predicted octanol–water partition coefficient (Wildman–Crippen LogP) is 1.97. The molecule has 0 spiro atoms. The number of primary amides is 1. The minimum absolute atomic E-state index is 0.0255. The van der Waals surface area contributed by atoms with Crippen LogP contribution in [0.15, 0.2) is 18.2 Å². The van der Waals surface area contributed by atoms with E-state index < -0.39 is 18.2 Å². The molecule has 9 heteroatoms. The van der Waals surface area contributed by atoms with Gasteiger partial charge >= 0.3 is 6.18 Å². The van der Waals surface area contributed by atoms with Crippen molar-refractivity contribution in [2.75, 3.05) is 26.3 Å². The summed E-state index contributed by atoms with van der Waals surface area (Å²) in [6, 6.07) is 4.83. The molecule has 1 aromatic carbocycles. The van der Waals surface area contributed by atoms with E-state index in [9.17, 15) is 18.0 Å². The van der Waals surface area contributed by atoms with Crippen LogP contribution in [0.4, 0.5) is 13.2 Å². The molecule has 0 saturated carbocycles. The maximum Gasteiger partial charge on any atom is 0.415 e. The molecule has 0 bridgehead atoms. The first-order valence-electron chi connectivity index (χ1n) is 6.86. The fourth-order valence-electron chi connectivity index (χ4n) is 2.21. The monoisotopic (exact) mass is 352 g/mol. The van der Waals surface area contributed by atoms with Crippen LogP contribution in [0, 0.1) is 0 Å². The summed E-state index contributed by atoms with van der Waals surface area (Å²) < 4.78 is 47.9. The first-order valence-corrected chi connectivity index (χ1v) is 7.23. The minimum Gasteiger partial charge on any atom is -0.482 e. The molecule has 0 aromatic heterocycles. The molecule has 1 fully saturated rings. The van der Waals surface area contributed by atoms with E-state index in [-0.39, 0.29) is 24.8 Å². The average molecular weight is 353 g/mol. The number of halogens is 4. The van der Waals surface area contributed by atoms with Gasteiger partial charge in [-0.2, -0.15) is 13.2 Å². The van der Waals surface area contributed by atoms with Crippen LogP contribution >= 0.6 is 11.6 Å². The van der Waals surface area contributed by atoms with Crippen molar-refractivity contribution in [1.29, 1.82) is 0 Å². The zero-order valence-electron chi connectivity index (χ0n) is 12.1. The highest BCUT2D eigenvalue weighted by atomic mass is 35.5. The van der Waals surface area contributed by atoms with Gasteiger partial charge in [0, 0.05) is 19.6 Å². The Morgan fingerprint density at radius 2 is 2.22 bits per heavy atom. The molecule has 2 rings (SSSR count). The van der Waals surface area contributed by atoms with Gasteiger partial charge in [0.05, 0.1) is 11.6 Å². The Bertz CT molecular complexity index is 569. The fraction of sp³-hybridized carbons (Fsp3) is 0.500. The molecule has 2 N–H and O–H groups in total. The minimum atomic E-state index is -4.37. The van der Waals surface area contributed by atoms with Gasteiger partial charge < -0.3 is 15.2 Å². The predicted molar refractivity (Wildman–Crippen MR) is 77.2 cm³/mol. The number of nitrogens with zero attached hydrogens (tertiary/aromatic N) is 1. The number of nitrogens with two attached hydrogens (primary N) is 1. The topological polar surface area (TPSA) is 64.8 Å². The van der Waals surface area contributed by atoms with E-state index in [0.29, 0.717) is 18.8 Å². The van der Waals surface area contributed by atoms with Crippen molar-refractivity contribution in [2.45, 2.75) is 18.8 Å². The summed E-state index contributed by atoms with van der Waals surface area (Å²) in [6.07, 6.45) is -6.15. The van der Waals surface area contributed by atoms with Gasteiger partial charge in [0.1, 0.15) is 5.75 Å². The number of hydrogen-bond donors (Lipinski definition) is 1. The van der Waals surface area contributed by atoms with E-state index in [0.717, 1.165) is 5.56 Å². The van der Waals surface area contributed by atoms with Gasteiger partial charge in [0.25, 0.3) is 5.91 Å². The number of carbonyl (C=O) groups is 1. The molecule has 0 aliphatic carbocycles. The van der Waals surface area contributed by atoms with Crippen LogP contribution < -0.4 is 10.5 Å². The number of rotatable bonds is 5. The Morgan fingerprint density at radius 1 is 1.48 bits per heavy atom. The normalized spacial score (nSPS) is 19.6. The lowest BCUT2D eigenvalue weighted by Gasteiger charge is -2.33. The van der Waals surface area contributed by atoms with Crippen LogP contribution in [0.2, 0.25) is 5.02 Å². The second-order valence-corrected chi connectivity index (χ2v) is 5.56. The quantitative estimate of drug-likeness (QED) is 0.880. The van der Waals surface area contributed by atoms with Gasteiger partial charge in [-0.1, -0.05) is 17.7 Å². The summed E-state index contributed by atoms with van der Waals surface area (Å²) in [7, 11) is 0. The maximum atomic E-state index is 12.7. The largest absolute Gasteiger partial charge is 0.482 e. The smallest absolute Gasteiger partial charge is 0.415 e. The summed E-state index contributed by atoms with van der Waals surface area (Å²) in [5.41, 5.74) is 5.71. The summed E-state index contributed by atoms with van der Waals surface area (Å²) >= 11 is 6.03. The van der Waals surface area contributed by atoms with Crippen molar-refractivity contribution in [3.8, 4) is 5.75 Å². The molecule has 5 nitrogen and oxygen atoms in total. The number of benzene rings is 1. The number of hydrogen-bond acceptors (Lipinski definition) is 4. The van der Waals surface area contributed by atoms with E-state index in [2.05, 4.69) is 0 Å². The average Bonchev–Trinajstić information content (AvgIpc) is 2.45. The third kappa shape index (κ3) is 5.26. The Morgan fingerprint density at radius 3 is 2.83 bits per heavy atom. The number of carbonyl (C=O) groups excluding carboxylic acids is 1. The van der Waals surface area contributed by atoms with Crippen molar-refractivity contribution in [2.24, 2.45) is 5.73 Å². The van der Waals surface area contributed by atoms with Crippen molar-refractivity contribution in [1.82, 2.24) is 4.90 Å². The summed E-state index contributed by atoms with van der Waals surface area (Å²) in [4.78, 5) is 12.3. The van der Waals surface area contributed by atoms with E-state index in [1.165, 1.54) is 0 Å². The van der Waals surface area contributed by atoms with Gasteiger partial charge in [-0.25, -0.2) is 0 Å². The van der Waals surface area contributed by atoms with E-state index in [1.54, 1.807) is 23.1 Å². The van der Waals surface area contributed by atoms with Crippen molar-refractivity contribution in [3.63, 3.8) is 0 Å². The summed E-state index contributed by atoms with van der Waals surface area (Å²) in [5.74, 6) is -0.332. The molecule has 0 unspecified atom stereocenters. The molecule has 1 aliphatic rings. The fourth-order valence-corrected chi connectivity index (χ4v) is 2.47. The Labute approximate surface area is 136 Å². The van der Waals surface area contributed by atoms with Crippen LogP contribution in [-0.4, -0.2) is 49.4 Å². The van der Waals surface area contributed by atoms with Gasteiger partial charge in [0.2, 0.25) is 0 Å². The van der Waals surface area contributed by atoms with Gasteiger partial charge in [-0.3, -0.25) is 9.69 Å². The Hall–Kier alpha value is -1.51. The van der Waals surface area contributed by atoms with Crippen LogP contribution in [-0.2, 0) is 16.1 Å². The van der Waals surface area contributed by atoms with Crippen LogP contribution in [0.5, 0.6) is 5.75 Å². The Balaban J connectivity index is 1.97. The molecular weight excluding hydrogens is 337 g/mol. The summed E-state index contributed by atoms with van der Waals surface area (Å²) in [6.45, 7) is 0.227. The highest BCUT2D eigenvalue weighted by Gasteiger charge is 2.43. The van der Waals surface area contributed by atoms with Crippen molar-refractivity contribution < 1.29 is 27.4 Å². The lowest BCUT2D eigenvalue weighted by atomic mass is 10.1. The van der Waals surface area contributed by atoms with Gasteiger partial charge in [-0.05, 0) is 17.7 Å². The van der Waals surface area contributed by atoms with Crippen LogP contribution in [0.1, 0.15) is 5.56 Å². The van der Waals surface area contributed by atoms with E-state index in [4.69, 9.17) is 26.8 Å². The first kappa shape index (κ1) is 17.8. The lowest BCUT2D eigenvalue weighted by Crippen LogP contribution is -2.48. The van der Waals surface area contributed by atoms with Gasteiger partial charge in [-0.15, -0.1) is 0 Å². The number of morpholine rings is 1. The molecule has 1 aliphatic heterocycles. The Kier molecular flexibility index (Phi) is 5.72. The molecule has 1 atom stereocenters.